The molecule has 0 saturated carbocycles. The van der Waals surface area contributed by atoms with Gasteiger partial charge in [0.25, 0.3) is 0 Å². The number of aromatic nitrogens is 1. The van der Waals surface area contributed by atoms with Crippen molar-refractivity contribution in [3.05, 3.63) is 59.5 Å². The van der Waals surface area contributed by atoms with Gasteiger partial charge in [-0.25, -0.2) is 9.37 Å². The summed E-state index contributed by atoms with van der Waals surface area (Å²) in [6.07, 6.45) is 8.97. The molecule has 0 radical (unpaired) electrons. The largest absolute Gasteiger partial charge is 0.491 e. The topological polar surface area (TPSA) is 71.5 Å². The number of hydrogen-bond acceptors (Lipinski definition) is 4. The van der Waals surface area contributed by atoms with Crippen molar-refractivity contribution in [1.82, 2.24) is 9.88 Å². The molecule has 1 aromatic heterocycles. The predicted octanol–water partition coefficient (Wildman–Crippen LogP) is 3.58. The summed E-state index contributed by atoms with van der Waals surface area (Å²) in [5.41, 5.74) is 1.81. The minimum absolute atomic E-state index is 0.0159. The van der Waals surface area contributed by atoms with Crippen LogP contribution >= 0.6 is 0 Å². The SMILES string of the molecule is O=C1CCc2cc(C=CC(=O)N3CCCCC3COc3ccc(F)cc3)cnc2N1. The third kappa shape index (κ3) is 4.84. The third-order valence-corrected chi connectivity index (χ3v) is 5.45. The van der Waals surface area contributed by atoms with Gasteiger partial charge in [-0.15, -0.1) is 0 Å². The summed E-state index contributed by atoms with van der Waals surface area (Å²) in [5, 5.41) is 2.76. The molecular weight excluding hydrogens is 385 g/mol. The molecule has 7 heteroatoms. The number of aryl methyl sites for hydroxylation is 1. The van der Waals surface area contributed by atoms with Gasteiger partial charge in [0.1, 0.15) is 24.0 Å². The van der Waals surface area contributed by atoms with Crippen molar-refractivity contribution < 1.29 is 18.7 Å². The highest BCUT2D eigenvalue weighted by Gasteiger charge is 2.26. The monoisotopic (exact) mass is 409 g/mol. The summed E-state index contributed by atoms with van der Waals surface area (Å²) >= 11 is 0. The first-order valence-corrected chi connectivity index (χ1v) is 10.2. The van der Waals surface area contributed by atoms with E-state index in [2.05, 4.69) is 10.3 Å². The second-order valence-electron chi connectivity index (χ2n) is 7.60. The number of ether oxygens (including phenoxy) is 1. The number of nitrogens with zero attached hydrogens (tertiary/aromatic N) is 2. The summed E-state index contributed by atoms with van der Waals surface area (Å²) in [6, 6.07) is 7.85. The molecule has 1 unspecified atom stereocenters. The van der Waals surface area contributed by atoms with Gasteiger partial charge in [-0.05, 0) is 73.2 Å². The predicted molar refractivity (Wildman–Crippen MR) is 111 cm³/mol. The van der Waals surface area contributed by atoms with Crippen molar-refractivity contribution in [2.24, 2.45) is 0 Å². The lowest BCUT2D eigenvalue weighted by Crippen LogP contribution is -2.46. The molecule has 2 aliphatic rings. The van der Waals surface area contributed by atoms with Crippen molar-refractivity contribution in [2.75, 3.05) is 18.5 Å². The maximum Gasteiger partial charge on any atom is 0.246 e. The van der Waals surface area contributed by atoms with E-state index in [1.807, 2.05) is 11.0 Å². The number of hydrogen-bond donors (Lipinski definition) is 1. The van der Waals surface area contributed by atoms with Crippen LogP contribution in [0.15, 0.2) is 42.6 Å². The van der Waals surface area contributed by atoms with Crippen LogP contribution in [0.5, 0.6) is 5.75 Å². The number of carbonyl (C=O) groups excluding carboxylic acids is 2. The quantitative estimate of drug-likeness (QED) is 0.767. The standard InChI is InChI=1S/C23H24FN3O3/c24-18-6-8-20(9-7-18)30-15-19-3-1-2-12-27(19)22(29)11-4-16-13-17-5-10-21(28)26-23(17)25-14-16/h4,6-9,11,13-14,19H,1-3,5,10,12,15H2,(H,25,26,28). The van der Waals surface area contributed by atoms with Gasteiger partial charge < -0.3 is 15.0 Å². The molecule has 1 atom stereocenters. The Bertz CT molecular complexity index is 959. The van der Waals surface area contributed by atoms with Crippen molar-refractivity contribution in [3.8, 4) is 5.75 Å². The molecule has 2 amide bonds. The lowest BCUT2D eigenvalue weighted by molar-refractivity contribution is -0.130. The molecule has 3 heterocycles. The van der Waals surface area contributed by atoms with E-state index in [-0.39, 0.29) is 23.7 Å². The van der Waals surface area contributed by atoms with Crippen LogP contribution < -0.4 is 10.1 Å². The Balaban J connectivity index is 1.39. The Morgan fingerprint density at radius 3 is 2.93 bits per heavy atom. The summed E-state index contributed by atoms with van der Waals surface area (Å²) in [4.78, 5) is 30.4. The second kappa shape index (κ2) is 9.07. The zero-order valence-electron chi connectivity index (χ0n) is 16.6. The number of fused-ring (bicyclic) bond motifs is 1. The highest BCUT2D eigenvalue weighted by atomic mass is 19.1. The molecule has 4 rings (SSSR count). The molecule has 6 nitrogen and oxygen atoms in total. The fraction of sp³-hybridized carbons (Fsp3) is 0.348. The van der Waals surface area contributed by atoms with Gasteiger partial charge in [-0.3, -0.25) is 9.59 Å². The van der Waals surface area contributed by atoms with Crippen LogP contribution in [0.2, 0.25) is 0 Å². The smallest absolute Gasteiger partial charge is 0.246 e. The van der Waals surface area contributed by atoms with Gasteiger partial charge in [0.15, 0.2) is 0 Å². The van der Waals surface area contributed by atoms with Gasteiger partial charge in [-0.2, -0.15) is 0 Å². The van der Waals surface area contributed by atoms with E-state index in [0.29, 0.717) is 37.6 Å². The molecular formula is C23H24FN3O3. The number of amides is 2. The minimum Gasteiger partial charge on any atom is -0.491 e. The van der Waals surface area contributed by atoms with Crippen LogP contribution in [-0.2, 0) is 16.0 Å². The molecule has 30 heavy (non-hydrogen) atoms. The van der Waals surface area contributed by atoms with E-state index in [0.717, 1.165) is 30.4 Å². The van der Waals surface area contributed by atoms with E-state index >= 15 is 0 Å². The molecule has 2 aromatic rings. The van der Waals surface area contributed by atoms with Crippen LogP contribution in [0.1, 0.15) is 36.8 Å². The third-order valence-electron chi connectivity index (χ3n) is 5.45. The number of halogens is 1. The molecule has 0 bridgehead atoms. The minimum atomic E-state index is -0.305. The fourth-order valence-corrected chi connectivity index (χ4v) is 3.82. The van der Waals surface area contributed by atoms with E-state index in [1.165, 1.54) is 12.1 Å². The maximum atomic E-state index is 13.0. The van der Waals surface area contributed by atoms with Crippen LogP contribution in [0.3, 0.4) is 0 Å². The zero-order valence-corrected chi connectivity index (χ0v) is 16.6. The molecule has 1 saturated heterocycles. The number of pyridine rings is 1. The number of carbonyl (C=O) groups is 2. The van der Waals surface area contributed by atoms with E-state index in [1.54, 1.807) is 30.5 Å². The van der Waals surface area contributed by atoms with Crippen molar-refractivity contribution in [1.29, 1.82) is 0 Å². The highest BCUT2D eigenvalue weighted by Crippen LogP contribution is 2.22. The summed E-state index contributed by atoms with van der Waals surface area (Å²) < 4.78 is 18.8. The van der Waals surface area contributed by atoms with Gasteiger partial charge in [0, 0.05) is 25.2 Å². The normalized spacial score (nSPS) is 18.8. The van der Waals surface area contributed by atoms with Crippen molar-refractivity contribution in [2.45, 2.75) is 38.1 Å². The Hall–Kier alpha value is -3.22. The average molecular weight is 409 g/mol. The molecule has 0 aliphatic carbocycles. The van der Waals surface area contributed by atoms with Crippen molar-refractivity contribution in [3.63, 3.8) is 0 Å². The number of likely N-dealkylation sites (tertiary alicyclic amines) is 1. The molecule has 156 valence electrons. The van der Waals surface area contributed by atoms with Crippen LogP contribution in [-0.4, -0.2) is 40.9 Å². The molecule has 1 N–H and O–H groups in total. The Labute approximate surface area is 174 Å². The Morgan fingerprint density at radius 2 is 2.10 bits per heavy atom. The van der Waals surface area contributed by atoms with Crippen molar-refractivity contribution >= 4 is 23.7 Å². The summed E-state index contributed by atoms with van der Waals surface area (Å²) in [5.74, 6) is 0.808. The first-order chi connectivity index (χ1) is 14.6. The number of piperidine rings is 1. The molecule has 1 fully saturated rings. The highest BCUT2D eigenvalue weighted by molar-refractivity contribution is 5.94. The first-order valence-electron chi connectivity index (χ1n) is 10.2. The van der Waals surface area contributed by atoms with Gasteiger partial charge in [0.05, 0.1) is 6.04 Å². The second-order valence-corrected chi connectivity index (χ2v) is 7.60. The summed E-state index contributed by atoms with van der Waals surface area (Å²) in [6.45, 7) is 1.07. The zero-order chi connectivity index (χ0) is 20.9. The fourth-order valence-electron chi connectivity index (χ4n) is 3.82. The molecule has 0 spiro atoms. The van der Waals surface area contributed by atoms with Crippen LogP contribution in [0.4, 0.5) is 10.2 Å². The number of anilines is 1. The first kappa shape index (κ1) is 20.1. The molecule has 2 aliphatic heterocycles. The number of rotatable bonds is 5. The Kier molecular flexibility index (Phi) is 6.07. The summed E-state index contributed by atoms with van der Waals surface area (Å²) in [7, 11) is 0. The lowest BCUT2D eigenvalue weighted by atomic mass is 10.0. The van der Waals surface area contributed by atoms with Gasteiger partial charge >= 0.3 is 0 Å². The number of benzene rings is 1. The van der Waals surface area contributed by atoms with Gasteiger partial charge in [-0.1, -0.05) is 0 Å². The van der Waals surface area contributed by atoms with E-state index in [9.17, 15) is 14.0 Å². The van der Waals surface area contributed by atoms with Crippen LogP contribution in [0.25, 0.3) is 6.08 Å². The number of nitrogens with one attached hydrogen (secondary N) is 1. The molecule has 1 aromatic carbocycles. The van der Waals surface area contributed by atoms with Crippen LogP contribution in [0, 0.1) is 5.82 Å². The lowest BCUT2D eigenvalue weighted by Gasteiger charge is -2.34. The Morgan fingerprint density at radius 1 is 1.27 bits per heavy atom. The maximum absolute atomic E-state index is 13.0. The van der Waals surface area contributed by atoms with E-state index < -0.39 is 0 Å². The van der Waals surface area contributed by atoms with Gasteiger partial charge in [0.2, 0.25) is 11.8 Å². The van der Waals surface area contributed by atoms with E-state index in [4.69, 9.17) is 4.74 Å². The average Bonchev–Trinajstić information content (AvgIpc) is 2.77.